The zero-order valence-electron chi connectivity index (χ0n) is 12.3. The van der Waals surface area contributed by atoms with Gasteiger partial charge < -0.3 is 14.4 Å². The fourth-order valence-electron chi connectivity index (χ4n) is 1.73. The van der Waals surface area contributed by atoms with Crippen LogP contribution < -0.4 is 9.47 Å². The third kappa shape index (κ3) is 4.28. The SMILES string of the molecule is Cc1ccc(Oc2ccccc2OCCN(C)C)cc1. The molecule has 0 N–H and O–H groups in total. The number of para-hydroxylation sites is 2. The first-order chi connectivity index (χ1) is 9.65. The first-order valence-electron chi connectivity index (χ1n) is 6.76. The van der Waals surface area contributed by atoms with Gasteiger partial charge in [0.15, 0.2) is 11.5 Å². The van der Waals surface area contributed by atoms with Crippen LogP contribution >= 0.6 is 0 Å². The fourth-order valence-corrected chi connectivity index (χ4v) is 1.73. The maximum Gasteiger partial charge on any atom is 0.169 e. The van der Waals surface area contributed by atoms with Crippen LogP contribution in [0.1, 0.15) is 5.56 Å². The molecule has 0 unspecified atom stereocenters. The number of hydrogen-bond donors (Lipinski definition) is 0. The standard InChI is InChI=1S/C17H21NO2/c1-14-8-10-15(11-9-14)20-17-7-5-4-6-16(17)19-13-12-18(2)3/h4-11H,12-13H2,1-3H3. The highest BCUT2D eigenvalue weighted by atomic mass is 16.5. The third-order valence-electron chi connectivity index (χ3n) is 2.89. The van der Waals surface area contributed by atoms with Gasteiger partial charge in [0, 0.05) is 6.54 Å². The second kappa shape index (κ2) is 6.96. The molecule has 0 heterocycles. The van der Waals surface area contributed by atoms with Gasteiger partial charge in [-0.25, -0.2) is 0 Å². The average molecular weight is 271 g/mol. The molecular weight excluding hydrogens is 250 g/mol. The minimum atomic E-state index is 0.640. The van der Waals surface area contributed by atoms with Gasteiger partial charge in [0.2, 0.25) is 0 Å². The molecule has 20 heavy (non-hydrogen) atoms. The topological polar surface area (TPSA) is 21.7 Å². The van der Waals surface area contributed by atoms with E-state index in [4.69, 9.17) is 9.47 Å². The summed E-state index contributed by atoms with van der Waals surface area (Å²) in [4.78, 5) is 2.09. The zero-order chi connectivity index (χ0) is 14.4. The molecule has 3 nitrogen and oxygen atoms in total. The number of benzene rings is 2. The Kier molecular flexibility index (Phi) is 5.02. The Morgan fingerprint density at radius 1 is 0.900 bits per heavy atom. The summed E-state index contributed by atoms with van der Waals surface area (Å²) in [5.74, 6) is 2.34. The Labute approximate surface area is 120 Å². The van der Waals surface area contributed by atoms with E-state index in [0.717, 1.165) is 23.8 Å². The second-order valence-electron chi connectivity index (χ2n) is 5.01. The smallest absolute Gasteiger partial charge is 0.169 e. The summed E-state index contributed by atoms with van der Waals surface area (Å²) < 4.78 is 11.7. The molecule has 0 aliphatic carbocycles. The van der Waals surface area contributed by atoms with Crippen molar-refractivity contribution < 1.29 is 9.47 Å². The molecule has 0 atom stereocenters. The van der Waals surface area contributed by atoms with Crippen molar-refractivity contribution in [2.24, 2.45) is 0 Å². The van der Waals surface area contributed by atoms with Crippen LogP contribution in [0.15, 0.2) is 48.5 Å². The Balaban J connectivity index is 2.05. The van der Waals surface area contributed by atoms with Crippen molar-refractivity contribution in [1.29, 1.82) is 0 Å². The van der Waals surface area contributed by atoms with Crippen molar-refractivity contribution in [3.05, 3.63) is 54.1 Å². The molecule has 0 aliphatic heterocycles. The van der Waals surface area contributed by atoms with Gasteiger partial charge >= 0.3 is 0 Å². The van der Waals surface area contributed by atoms with E-state index in [1.165, 1.54) is 5.56 Å². The summed E-state index contributed by atoms with van der Waals surface area (Å²) in [5, 5.41) is 0. The quantitative estimate of drug-likeness (QED) is 0.799. The van der Waals surface area contributed by atoms with E-state index in [2.05, 4.69) is 11.8 Å². The Hall–Kier alpha value is -2.00. The van der Waals surface area contributed by atoms with E-state index in [-0.39, 0.29) is 0 Å². The lowest BCUT2D eigenvalue weighted by atomic mass is 10.2. The van der Waals surface area contributed by atoms with Gasteiger partial charge in [0.1, 0.15) is 12.4 Å². The summed E-state index contributed by atoms with van der Waals surface area (Å²) in [6.45, 7) is 3.57. The van der Waals surface area contributed by atoms with Gasteiger partial charge in [-0.05, 0) is 45.3 Å². The van der Waals surface area contributed by atoms with Crippen molar-refractivity contribution in [3.8, 4) is 17.2 Å². The molecular formula is C17H21NO2. The molecule has 2 aromatic rings. The van der Waals surface area contributed by atoms with Crippen LogP contribution in [-0.2, 0) is 0 Å². The maximum absolute atomic E-state index is 5.88. The predicted octanol–water partition coefficient (Wildman–Crippen LogP) is 3.73. The van der Waals surface area contributed by atoms with Gasteiger partial charge in [-0.1, -0.05) is 29.8 Å². The molecule has 0 fully saturated rings. The summed E-state index contributed by atoms with van der Waals surface area (Å²) in [6, 6.07) is 15.7. The molecule has 2 aromatic carbocycles. The molecule has 0 bridgehead atoms. The van der Waals surface area contributed by atoms with E-state index in [0.29, 0.717) is 6.61 Å². The summed E-state index contributed by atoms with van der Waals surface area (Å²) >= 11 is 0. The van der Waals surface area contributed by atoms with Crippen LogP contribution in [0.25, 0.3) is 0 Å². The monoisotopic (exact) mass is 271 g/mol. The van der Waals surface area contributed by atoms with E-state index < -0.39 is 0 Å². The lowest BCUT2D eigenvalue weighted by Crippen LogP contribution is -2.19. The predicted molar refractivity (Wildman–Crippen MR) is 81.7 cm³/mol. The minimum absolute atomic E-state index is 0.640. The highest BCUT2D eigenvalue weighted by molar-refractivity contribution is 5.43. The molecule has 0 saturated heterocycles. The largest absolute Gasteiger partial charge is 0.488 e. The average Bonchev–Trinajstić information content (AvgIpc) is 2.43. The maximum atomic E-state index is 5.88. The number of aryl methyl sites for hydroxylation is 1. The minimum Gasteiger partial charge on any atom is -0.488 e. The van der Waals surface area contributed by atoms with Crippen molar-refractivity contribution >= 4 is 0 Å². The lowest BCUT2D eigenvalue weighted by molar-refractivity contribution is 0.254. The van der Waals surface area contributed by atoms with Crippen molar-refractivity contribution in [2.75, 3.05) is 27.2 Å². The van der Waals surface area contributed by atoms with Gasteiger partial charge in [-0.3, -0.25) is 0 Å². The summed E-state index contributed by atoms with van der Waals surface area (Å²) in [5.41, 5.74) is 1.22. The van der Waals surface area contributed by atoms with Crippen LogP contribution in [-0.4, -0.2) is 32.1 Å². The Morgan fingerprint density at radius 2 is 1.55 bits per heavy atom. The van der Waals surface area contributed by atoms with E-state index in [9.17, 15) is 0 Å². The number of nitrogens with zero attached hydrogens (tertiary/aromatic N) is 1. The lowest BCUT2D eigenvalue weighted by Gasteiger charge is -2.14. The van der Waals surface area contributed by atoms with Crippen molar-refractivity contribution in [1.82, 2.24) is 4.90 Å². The van der Waals surface area contributed by atoms with Crippen LogP contribution in [0.5, 0.6) is 17.2 Å². The van der Waals surface area contributed by atoms with Crippen LogP contribution in [0, 0.1) is 6.92 Å². The number of ether oxygens (including phenoxy) is 2. The zero-order valence-corrected chi connectivity index (χ0v) is 12.3. The number of rotatable bonds is 6. The van der Waals surface area contributed by atoms with Crippen molar-refractivity contribution in [3.63, 3.8) is 0 Å². The van der Waals surface area contributed by atoms with Crippen molar-refractivity contribution in [2.45, 2.75) is 6.92 Å². The molecule has 0 aromatic heterocycles. The fraction of sp³-hybridized carbons (Fsp3) is 0.294. The van der Waals surface area contributed by atoms with Gasteiger partial charge in [0.25, 0.3) is 0 Å². The van der Waals surface area contributed by atoms with Crippen LogP contribution in [0.4, 0.5) is 0 Å². The Morgan fingerprint density at radius 3 is 2.20 bits per heavy atom. The highest BCUT2D eigenvalue weighted by Crippen LogP contribution is 2.31. The highest BCUT2D eigenvalue weighted by Gasteiger charge is 2.05. The van der Waals surface area contributed by atoms with Gasteiger partial charge in [0.05, 0.1) is 0 Å². The molecule has 0 radical (unpaired) electrons. The molecule has 3 heteroatoms. The molecule has 0 amide bonds. The first-order valence-corrected chi connectivity index (χ1v) is 6.76. The molecule has 0 spiro atoms. The molecule has 0 saturated carbocycles. The third-order valence-corrected chi connectivity index (χ3v) is 2.89. The first kappa shape index (κ1) is 14.4. The summed E-state index contributed by atoms with van der Waals surface area (Å²) in [6.07, 6.45) is 0. The number of hydrogen-bond acceptors (Lipinski definition) is 3. The molecule has 106 valence electrons. The normalized spacial score (nSPS) is 10.6. The van der Waals surface area contributed by atoms with E-state index >= 15 is 0 Å². The van der Waals surface area contributed by atoms with Gasteiger partial charge in [-0.2, -0.15) is 0 Å². The van der Waals surface area contributed by atoms with Gasteiger partial charge in [-0.15, -0.1) is 0 Å². The van der Waals surface area contributed by atoms with Crippen LogP contribution in [0.2, 0.25) is 0 Å². The van der Waals surface area contributed by atoms with E-state index in [1.807, 2.05) is 62.6 Å². The second-order valence-corrected chi connectivity index (χ2v) is 5.01. The number of likely N-dealkylation sites (N-methyl/N-ethyl adjacent to an activating group) is 1. The van der Waals surface area contributed by atoms with Crippen LogP contribution in [0.3, 0.4) is 0 Å². The molecule has 2 rings (SSSR count). The van der Waals surface area contributed by atoms with E-state index in [1.54, 1.807) is 0 Å². The summed E-state index contributed by atoms with van der Waals surface area (Å²) in [7, 11) is 4.05. The Bertz CT molecular complexity index is 535. The molecule has 0 aliphatic rings.